The monoisotopic (exact) mass is 155 g/mol. The number of nitrogens with zero attached hydrogens (tertiary/aromatic N) is 1. The first kappa shape index (κ1) is 7.56. The van der Waals surface area contributed by atoms with E-state index in [0.717, 1.165) is 5.32 Å². The zero-order valence-corrected chi connectivity index (χ0v) is 7.63. The van der Waals surface area contributed by atoms with Crippen LogP contribution in [0.1, 0.15) is 0 Å². The number of aryl methyl sites for hydroxylation is 1. The van der Waals surface area contributed by atoms with Gasteiger partial charge in [0.05, 0.1) is 0 Å². The van der Waals surface area contributed by atoms with E-state index in [1.165, 1.54) is 0 Å². The van der Waals surface area contributed by atoms with E-state index in [0.29, 0.717) is 0 Å². The Morgan fingerprint density at radius 2 is 2.10 bits per heavy atom. The zero-order chi connectivity index (χ0) is 7.78. The van der Waals surface area contributed by atoms with Crippen molar-refractivity contribution >= 4 is 13.6 Å². The Morgan fingerprint density at radius 1 is 1.50 bits per heavy atom. The van der Waals surface area contributed by atoms with Gasteiger partial charge < -0.3 is 9.36 Å². The van der Waals surface area contributed by atoms with Gasteiger partial charge in [-0.2, -0.15) is 0 Å². The van der Waals surface area contributed by atoms with Crippen LogP contribution in [-0.4, -0.2) is 17.7 Å². The van der Waals surface area contributed by atoms with Crippen LogP contribution >= 0.6 is 0 Å². The Labute approximate surface area is 62.2 Å². The summed E-state index contributed by atoms with van der Waals surface area (Å²) >= 11 is 0. The van der Waals surface area contributed by atoms with Crippen molar-refractivity contribution in [2.75, 3.05) is 0 Å². The van der Waals surface area contributed by atoms with E-state index in [4.69, 9.17) is 0 Å². The smallest absolute Gasteiger partial charge is 0.230 e. The molecule has 0 fully saturated rings. The van der Waals surface area contributed by atoms with Gasteiger partial charge in [-0.05, 0) is 25.2 Å². The first-order valence-corrected chi connectivity index (χ1v) is 6.31. The van der Waals surface area contributed by atoms with Gasteiger partial charge in [0, 0.05) is 18.6 Å². The van der Waals surface area contributed by atoms with Crippen LogP contribution in [0, 0.1) is 0 Å². The lowest BCUT2D eigenvalue weighted by Crippen LogP contribution is -2.45. The van der Waals surface area contributed by atoms with E-state index in [9.17, 15) is 4.80 Å². The molecule has 0 atom stereocenters. The first-order chi connectivity index (χ1) is 4.52. The van der Waals surface area contributed by atoms with Crippen LogP contribution in [0.25, 0.3) is 0 Å². The maximum Gasteiger partial charge on any atom is 0.230 e. The molecule has 1 N–H and O–H groups in total. The van der Waals surface area contributed by atoms with Gasteiger partial charge in [0.2, 0.25) is 8.32 Å². The average molecular weight is 155 g/mol. The maximum absolute atomic E-state index is 9.68. The van der Waals surface area contributed by atoms with Crippen LogP contribution in [0.5, 0.6) is 0 Å². The third-order valence-corrected chi connectivity index (χ3v) is 3.34. The minimum absolute atomic E-state index is 1.08. The highest BCUT2D eigenvalue weighted by Gasteiger charge is 2.22. The summed E-state index contributed by atoms with van der Waals surface area (Å²) in [5.41, 5.74) is 0. The molecule has 1 aromatic heterocycles. The Bertz CT molecular complexity index is 224. The molecule has 0 aliphatic carbocycles. The Kier molecular flexibility index (Phi) is 1.70. The third kappa shape index (κ3) is 1.30. The molecule has 0 aliphatic heterocycles. The minimum Gasteiger partial charge on any atom is -0.427 e. The van der Waals surface area contributed by atoms with E-state index >= 15 is 0 Å². The fourth-order valence-corrected chi connectivity index (χ4v) is 2.54. The fourth-order valence-electron chi connectivity index (χ4n) is 1.10. The molecule has 0 radical (unpaired) electrons. The fraction of sp³-hybridized carbons (Fsp3) is 0.429. The van der Waals surface area contributed by atoms with Crippen LogP contribution in [0.4, 0.5) is 0 Å². The Morgan fingerprint density at radius 3 is 2.30 bits per heavy atom. The van der Waals surface area contributed by atoms with Gasteiger partial charge in [0.15, 0.2) is 0 Å². The quantitative estimate of drug-likeness (QED) is 0.585. The maximum atomic E-state index is 9.68. The third-order valence-electron chi connectivity index (χ3n) is 1.57. The lowest BCUT2D eigenvalue weighted by atomic mass is 10.7. The first-order valence-electron chi connectivity index (χ1n) is 3.36. The molecule has 0 spiro atoms. The second-order valence-electron chi connectivity index (χ2n) is 3.06. The molecule has 0 bridgehead atoms. The number of hydrogen-bond donors (Lipinski definition) is 1. The van der Waals surface area contributed by atoms with Gasteiger partial charge in [-0.3, -0.25) is 0 Å². The van der Waals surface area contributed by atoms with E-state index in [1.807, 2.05) is 43.0 Å². The van der Waals surface area contributed by atoms with Gasteiger partial charge in [0.25, 0.3) is 0 Å². The molecule has 1 heterocycles. The van der Waals surface area contributed by atoms with Gasteiger partial charge in [-0.15, -0.1) is 0 Å². The Balaban J connectivity index is 3.05. The van der Waals surface area contributed by atoms with E-state index in [-0.39, 0.29) is 0 Å². The second kappa shape index (κ2) is 2.25. The molecule has 3 heteroatoms. The summed E-state index contributed by atoms with van der Waals surface area (Å²) in [7, 11) is -0.104. The normalized spacial score (nSPS) is 12.0. The largest absolute Gasteiger partial charge is 0.427 e. The molecule has 1 rings (SSSR count). The van der Waals surface area contributed by atoms with Crippen LogP contribution < -0.4 is 5.32 Å². The van der Waals surface area contributed by atoms with Crippen molar-refractivity contribution in [3.8, 4) is 0 Å². The molecule has 0 unspecified atom stereocenters. The molecule has 0 saturated carbocycles. The lowest BCUT2D eigenvalue weighted by Gasteiger charge is -2.14. The Hall–Kier alpha value is -0.543. The highest BCUT2D eigenvalue weighted by atomic mass is 28.4. The summed E-state index contributed by atoms with van der Waals surface area (Å²) in [6.07, 6.45) is 1.96. The highest BCUT2D eigenvalue weighted by Crippen LogP contribution is 1.97. The van der Waals surface area contributed by atoms with Gasteiger partial charge in [-0.25, -0.2) is 0 Å². The summed E-state index contributed by atoms with van der Waals surface area (Å²) in [6.45, 7) is 3.84. The number of rotatable bonds is 1. The van der Waals surface area contributed by atoms with E-state index in [1.54, 1.807) is 0 Å². The van der Waals surface area contributed by atoms with Crippen molar-refractivity contribution in [1.29, 1.82) is 0 Å². The van der Waals surface area contributed by atoms with Crippen LogP contribution in [0.3, 0.4) is 0 Å². The topological polar surface area (TPSA) is 25.2 Å². The highest BCUT2D eigenvalue weighted by molar-refractivity contribution is 6.82. The predicted octanol–water partition coefficient (Wildman–Crippen LogP) is 0.429. The summed E-state index contributed by atoms with van der Waals surface area (Å²) in [6, 6.07) is 3.94. The predicted molar refractivity (Wildman–Crippen MR) is 44.7 cm³/mol. The van der Waals surface area contributed by atoms with Crippen LogP contribution in [0.2, 0.25) is 13.1 Å². The summed E-state index contributed by atoms with van der Waals surface area (Å²) in [5, 5.41) is 1.08. The van der Waals surface area contributed by atoms with Crippen molar-refractivity contribution in [1.82, 2.24) is 4.57 Å². The van der Waals surface area contributed by atoms with Gasteiger partial charge in [0.1, 0.15) is 0 Å². The standard InChI is InChI=1S/C7H13NOSi/c1-8-6-4-5-7(8)10(2,3)9/h4-6,9H,1-3H3. The van der Waals surface area contributed by atoms with Crippen molar-refractivity contribution < 1.29 is 4.80 Å². The lowest BCUT2D eigenvalue weighted by molar-refractivity contribution is 0.564. The average Bonchev–Trinajstić information content (AvgIpc) is 2.11. The molecule has 10 heavy (non-hydrogen) atoms. The summed E-state index contributed by atoms with van der Waals surface area (Å²) in [4.78, 5) is 9.68. The number of aromatic nitrogens is 1. The van der Waals surface area contributed by atoms with Crippen LogP contribution in [0.15, 0.2) is 18.3 Å². The second-order valence-corrected chi connectivity index (χ2v) is 6.69. The molecule has 0 aromatic carbocycles. The van der Waals surface area contributed by atoms with Crippen molar-refractivity contribution in [2.24, 2.45) is 7.05 Å². The van der Waals surface area contributed by atoms with Crippen molar-refractivity contribution in [3.63, 3.8) is 0 Å². The summed E-state index contributed by atoms with van der Waals surface area (Å²) in [5.74, 6) is 0. The molecule has 1 aromatic rings. The van der Waals surface area contributed by atoms with Gasteiger partial charge >= 0.3 is 0 Å². The molecule has 0 saturated heterocycles. The molecule has 2 nitrogen and oxygen atoms in total. The molecule has 0 amide bonds. The molecular weight excluding hydrogens is 142 g/mol. The molecular formula is C7H13NOSi. The minimum atomic E-state index is -2.06. The summed E-state index contributed by atoms with van der Waals surface area (Å²) < 4.78 is 1.98. The van der Waals surface area contributed by atoms with E-state index < -0.39 is 8.32 Å². The SMILES string of the molecule is Cn1cccc1[Si](C)(C)O. The van der Waals surface area contributed by atoms with Crippen molar-refractivity contribution in [2.45, 2.75) is 13.1 Å². The zero-order valence-electron chi connectivity index (χ0n) is 6.63. The van der Waals surface area contributed by atoms with E-state index in [2.05, 4.69) is 0 Å². The van der Waals surface area contributed by atoms with Crippen LogP contribution in [-0.2, 0) is 7.05 Å². The number of hydrogen-bond acceptors (Lipinski definition) is 1. The molecule has 0 aliphatic rings. The van der Waals surface area contributed by atoms with Gasteiger partial charge in [-0.1, -0.05) is 0 Å². The van der Waals surface area contributed by atoms with Crippen molar-refractivity contribution in [3.05, 3.63) is 18.3 Å². The molecule has 56 valence electrons.